The van der Waals surface area contributed by atoms with Gasteiger partial charge < -0.3 is 19.3 Å². The predicted octanol–water partition coefficient (Wildman–Crippen LogP) is 14.9. The van der Waals surface area contributed by atoms with Crippen molar-refractivity contribution in [3.63, 3.8) is 0 Å². The van der Waals surface area contributed by atoms with Gasteiger partial charge in [-0.05, 0) is 191 Å². The fourth-order valence-corrected chi connectivity index (χ4v) is 7.25. The zero-order valence-corrected chi connectivity index (χ0v) is 37.5. The Hall–Kier alpha value is -8.62. The maximum Gasteiger partial charge on any atom is 0.180 e. The maximum absolute atomic E-state index is 10.1. The average Bonchev–Trinajstić information content (AvgIpc) is 4.11. The molecule has 0 saturated carbocycles. The molecule has 8 rings (SSSR count). The van der Waals surface area contributed by atoms with Crippen molar-refractivity contribution in [2.24, 2.45) is 40.9 Å². The summed E-state index contributed by atoms with van der Waals surface area (Å²) in [6.07, 6.45) is 7.34. The van der Waals surface area contributed by atoms with E-state index in [1.807, 2.05) is 75.4 Å². The predicted molar refractivity (Wildman–Crippen MR) is 261 cm³/mol. The third-order valence-corrected chi connectivity index (χ3v) is 10.7. The van der Waals surface area contributed by atoms with E-state index < -0.39 is 0 Å². The molecule has 2 aliphatic rings. The highest BCUT2D eigenvalue weighted by Crippen LogP contribution is 2.33. The van der Waals surface area contributed by atoms with Crippen LogP contribution in [0.15, 0.2) is 192 Å². The van der Waals surface area contributed by atoms with Crippen molar-refractivity contribution in [2.75, 3.05) is 36.0 Å². The van der Waals surface area contributed by atoms with Crippen molar-refractivity contribution in [2.45, 2.75) is 46.5 Å². The SMILES string of the molecule is Cc1cc(N=Nc2ccc(OC=C=C=O)cc2)cc(C)c1N=Nc1ccc(N2CCCC2)cc1.Cc1cc(N=Nc2ccc(OC=C=C=O)cc2)ccc1N=Nc1ccc(N2CCCC2)cc1. The zero-order valence-electron chi connectivity index (χ0n) is 37.5. The lowest BCUT2D eigenvalue weighted by Crippen LogP contribution is -2.17. The Labute approximate surface area is 389 Å². The second-order valence-corrected chi connectivity index (χ2v) is 15.6. The number of azo groups is 4. The summed E-state index contributed by atoms with van der Waals surface area (Å²) in [6, 6.07) is 40.0. The summed E-state index contributed by atoms with van der Waals surface area (Å²) < 4.78 is 10.4. The van der Waals surface area contributed by atoms with E-state index in [0.29, 0.717) is 22.9 Å². The molecule has 0 unspecified atom stereocenters. The van der Waals surface area contributed by atoms with Crippen LogP contribution < -0.4 is 19.3 Å². The lowest BCUT2D eigenvalue weighted by atomic mass is 10.1. The molecule has 14 nitrogen and oxygen atoms in total. The molecule has 6 aromatic carbocycles. The molecule has 2 heterocycles. The summed E-state index contributed by atoms with van der Waals surface area (Å²) in [5.41, 5.74) is 15.9. The molecule has 2 aliphatic heterocycles. The fourth-order valence-electron chi connectivity index (χ4n) is 7.25. The number of aryl methyl sites for hydroxylation is 3. The van der Waals surface area contributed by atoms with Gasteiger partial charge in [-0.3, -0.25) is 0 Å². The van der Waals surface area contributed by atoms with Crippen molar-refractivity contribution < 1.29 is 19.1 Å². The van der Waals surface area contributed by atoms with E-state index in [1.165, 1.54) is 48.9 Å². The minimum absolute atomic E-state index is 0.563. The zero-order chi connectivity index (χ0) is 46.6. The topological polar surface area (TPSA) is 158 Å². The van der Waals surface area contributed by atoms with Crippen LogP contribution in [0.1, 0.15) is 42.4 Å². The number of carbonyl (C=O) groups excluding carboxylic acids is 2. The summed E-state index contributed by atoms with van der Waals surface area (Å²) in [6.45, 7) is 10.5. The Kier molecular flexibility index (Phi) is 16.5. The summed E-state index contributed by atoms with van der Waals surface area (Å²) in [7, 11) is 0. The second-order valence-electron chi connectivity index (χ2n) is 15.6. The number of hydrogen-bond donors (Lipinski definition) is 0. The average molecular weight is 889 g/mol. The normalized spacial score (nSPS) is 13.3. The van der Waals surface area contributed by atoms with Crippen LogP contribution in [0.25, 0.3) is 0 Å². The Balaban J connectivity index is 0.000000199. The number of hydrogen-bond acceptors (Lipinski definition) is 14. The number of benzene rings is 6. The van der Waals surface area contributed by atoms with Gasteiger partial charge in [-0.15, -0.1) is 0 Å². The molecule has 0 radical (unpaired) electrons. The summed E-state index contributed by atoms with van der Waals surface area (Å²) >= 11 is 0. The van der Waals surface area contributed by atoms with E-state index in [0.717, 1.165) is 89.5 Å². The van der Waals surface area contributed by atoms with Crippen molar-refractivity contribution in [3.8, 4) is 11.5 Å². The maximum atomic E-state index is 10.1. The standard InChI is InChI=1S/C27H25N5O2.C26H23N5O2/c1-20-18-24(30-28-23-8-12-26(13-9-23)34-17-5-16-33)19-21(2)27(20)31-29-22-6-10-25(11-7-22)32-14-3-4-15-32;1-20-19-23(29-27-22-7-12-25(13-8-22)33-18-4-17-32)9-14-26(20)30-28-21-5-10-24(11-6-21)31-15-2-3-16-31/h6-13,17-19H,3-4,14-15H2,1-2H3;5-14,18-19H,2-3,15-16H2,1H3. The molecule has 14 heteroatoms. The van der Waals surface area contributed by atoms with Gasteiger partial charge in [-0.1, -0.05) is 0 Å². The molecule has 0 aliphatic carbocycles. The van der Waals surface area contributed by atoms with Gasteiger partial charge in [0.1, 0.15) is 24.0 Å². The minimum Gasteiger partial charge on any atom is -0.456 e. The van der Waals surface area contributed by atoms with Crippen LogP contribution in [0.5, 0.6) is 11.5 Å². The summed E-state index contributed by atoms with van der Waals surface area (Å²) in [5, 5.41) is 34.9. The van der Waals surface area contributed by atoms with Gasteiger partial charge in [0.15, 0.2) is 11.9 Å². The molecule has 0 aromatic heterocycles. The Morgan fingerprint density at radius 3 is 1.21 bits per heavy atom. The van der Waals surface area contributed by atoms with Crippen LogP contribution in [0.2, 0.25) is 0 Å². The molecule has 6 aromatic rings. The van der Waals surface area contributed by atoms with Crippen LogP contribution in [-0.4, -0.2) is 38.1 Å². The van der Waals surface area contributed by atoms with Gasteiger partial charge in [0.25, 0.3) is 0 Å². The molecule has 0 atom stereocenters. The first-order chi connectivity index (χ1) is 32.8. The molecule has 0 spiro atoms. The Morgan fingerprint density at radius 1 is 0.418 bits per heavy atom. The highest BCUT2D eigenvalue weighted by atomic mass is 16.5. The molecule has 67 heavy (non-hydrogen) atoms. The van der Waals surface area contributed by atoms with Gasteiger partial charge >= 0.3 is 0 Å². The monoisotopic (exact) mass is 888 g/mol. The number of nitrogens with zero attached hydrogens (tertiary/aromatic N) is 10. The molecular formula is C53H48N10O4. The lowest BCUT2D eigenvalue weighted by molar-refractivity contribution is 0.482. The first-order valence-electron chi connectivity index (χ1n) is 21.8. The highest BCUT2D eigenvalue weighted by Gasteiger charge is 2.13. The van der Waals surface area contributed by atoms with Crippen LogP contribution in [-0.2, 0) is 9.59 Å². The van der Waals surface area contributed by atoms with Gasteiger partial charge in [-0.2, -0.15) is 40.9 Å². The third-order valence-electron chi connectivity index (χ3n) is 10.7. The van der Waals surface area contributed by atoms with Gasteiger partial charge in [-0.25, -0.2) is 9.59 Å². The van der Waals surface area contributed by atoms with Crippen molar-refractivity contribution in [1.82, 2.24) is 0 Å². The smallest absolute Gasteiger partial charge is 0.180 e. The van der Waals surface area contributed by atoms with E-state index >= 15 is 0 Å². The van der Waals surface area contributed by atoms with Crippen LogP contribution in [0, 0.1) is 20.8 Å². The molecule has 0 N–H and O–H groups in total. The highest BCUT2D eigenvalue weighted by molar-refractivity contribution is 5.60. The molecule has 2 fully saturated rings. The van der Waals surface area contributed by atoms with E-state index in [9.17, 15) is 9.59 Å². The van der Waals surface area contributed by atoms with E-state index in [4.69, 9.17) is 9.47 Å². The number of anilines is 2. The number of rotatable bonds is 14. The summed E-state index contributed by atoms with van der Waals surface area (Å²) in [4.78, 5) is 25.0. The molecule has 0 bridgehead atoms. The Bertz CT molecular complexity index is 2890. The summed E-state index contributed by atoms with van der Waals surface area (Å²) in [5.74, 6) is 4.12. The number of ether oxygens (including phenoxy) is 2. The molecular weight excluding hydrogens is 841 g/mol. The largest absolute Gasteiger partial charge is 0.456 e. The van der Waals surface area contributed by atoms with Crippen molar-refractivity contribution in [3.05, 3.63) is 168 Å². The first kappa shape index (κ1) is 46.4. The first-order valence-corrected chi connectivity index (χ1v) is 21.8. The minimum atomic E-state index is 0.563. The van der Waals surface area contributed by atoms with Crippen LogP contribution in [0.4, 0.5) is 56.9 Å². The molecule has 334 valence electrons. The van der Waals surface area contributed by atoms with Crippen LogP contribution in [0.3, 0.4) is 0 Å². The van der Waals surface area contributed by atoms with E-state index in [-0.39, 0.29) is 0 Å². The van der Waals surface area contributed by atoms with Gasteiger partial charge in [0.2, 0.25) is 0 Å². The fraction of sp³-hybridized carbons (Fsp3) is 0.208. The van der Waals surface area contributed by atoms with Gasteiger partial charge in [0.05, 0.1) is 45.5 Å². The molecule has 2 saturated heterocycles. The quantitative estimate of drug-likeness (QED) is 0.0458. The second kappa shape index (κ2) is 23.9. The van der Waals surface area contributed by atoms with Crippen molar-refractivity contribution >= 4 is 68.8 Å². The molecule has 0 amide bonds. The lowest BCUT2D eigenvalue weighted by Gasteiger charge is -2.17. The van der Waals surface area contributed by atoms with Gasteiger partial charge in [0, 0.05) is 49.0 Å². The van der Waals surface area contributed by atoms with Crippen molar-refractivity contribution in [1.29, 1.82) is 0 Å². The Morgan fingerprint density at radius 2 is 0.776 bits per heavy atom. The van der Waals surface area contributed by atoms with E-state index in [2.05, 4.69) is 86.4 Å². The third kappa shape index (κ3) is 13.9. The van der Waals surface area contributed by atoms with Crippen LogP contribution >= 0.6 is 0 Å². The van der Waals surface area contributed by atoms with E-state index in [1.54, 1.807) is 48.5 Å².